The van der Waals surface area contributed by atoms with Crippen molar-refractivity contribution in [3.05, 3.63) is 72.9 Å². The first kappa shape index (κ1) is 59.3. The highest BCUT2D eigenvalue weighted by Crippen LogP contribution is 2.15. The van der Waals surface area contributed by atoms with Crippen molar-refractivity contribution < 1.29 is 23.8 Å². The van der Waals surface area contributed by atoms with Gasteiger partial charge in [0.2, 0.25) is 0 Å². The molecule has 0 saturated carbocycles. The van der Waals surface area contributed by atoms with Crippen molar-refractivity contribution in [2.45, 2.75) is 258 Å². The van der Waals surface area contributed by atoms with Crippen LogP contribution in [0.1, 0.15) is 252 Å². The quantitative estimate of drug-likeness (QED) is 0.0346. The summed E-state index contributed by atoms with van der Waals surface area (Å²) in [6, 6.07) is 0. The van der Waals surface area contributed by atoms with E-state index < -0.39 is 6.10 Å². The van der Waals surface area contributed by atoms with Gasteiger partial charge in [0, 0.05) is 12.8 Å². The molecule has 0 aromatic rings. The van der Waals surface area contributed by atoms with Crippen molar-refractivity contribution >= 4 is 11.9 Å². The first-order valence-corrected chi connectivity index (χ1v) is 26.5. The van der Waals surface area contributed by atoms with E-state index in [2.05, 4.69) is 93.7 Å². The summed E-state index contributed by atoms with van der Waals surface area (Å²) in [7, 11) is 0. The zero-order chi connectivity index (χ0) is 44.9. The van der Waals surface area contributed by atoms with Crippen molar-refractivity contribution in [1.82, 2.24) is 0 Å². The van der Waals surface area contributed by atoms with Gasteiger partial charge < -0.3 is 14.2 Å². The van der Waals surface area contributed by atoms with Gasteiger partial charge in [-0.2, -0.15) is 0 Å². The van der Waals surface area contributed by atoms with Crippen molar-refractivity contribution in [3.63, 3.8) is 0 Å². The van der Waals surface area contributed by atoms with Crippen LogP contribution in [0.3, 0.4) is 0 Å². The van der Waals surface area contributed by atoms with E-state index in [1.807, 2.05) is 0 Å². The largest absolute Gasteiger partial charge is 0.462 e. The second-order valence-corrected chi connectivity index (χ2v) is 17.4. The molecule has 0 spiro atoms. The molecule has 0 aliphatic carbocycles. The number of unbranched alkanes of at least 4 members (excludes halogenated alkanes) is 25. The number of allylic oxidation sites excluding steroid dienone is 11. The molecule has 0 aliphatic heterocycles. The van der Waals surface area contributed by atoms with E-state index in [0.29, 0.717) is 19.4 Å². The maximum absolute atomic E-state index is 12.8. The van der Waals surface area contributed by atoms with Crippen LogP contribution in [0, 0.1) is 0 Å². The van der Waals surface area contributed by atoms with Crippen LogP contribution in [-0.2, 0) is 23.8 Å². The Morgan fingerprint density at radius 3 is 1.16 bits per heavy atom. The Bertz CT molecular complexity index is 1110. The maximum atomic E-state index is 12.8. The Morgan fingerprint density at radius 1 is 0.371 bits per heavy atom. The number of carbonyl (C=O) groups is 2. The summed E-state index contributed by atoms with van der Waals surface area (Å²) in [4.78, 5) is 25.4. The number of carbonyl (C=O) groups excluding carboxylic acids is 2. The van der Waals surface area contributed by atoms with Gasteiger partial charge in [-0.3, -0.25) is 9.59 Å². The Morgan fingerprint density at radius 2 is 0.726 bits per heavy atom. The van der Waals surface area contributed by atoms with E-state index in [1.54, 1.807) is 0 Å². The molecule has 0 bridgehead atoms. The van der Waals surface area contributed by atoms with Crippen LogP contribution in [0.25, 0.3) is 0 Å². The fourth-order valence-electron chi connectivity index (χ4n) is 7.33. The second kappa shape index (κ2) is 52.7. The SMILES string of the molecule is CC/C=C\C/C=C\C/C=C\C/C=C\C/C=C\CCOCC(COC(=O)CCCCCCC/C=C\CCCCCCCC)OC(=O)CCCCCCCCCCCCCCCCC. The predicted octanol–water partition coefficient (Wildman–Crippen LogP) is 17.9. The zero-order valence-corrected chi connectivity index (χ0v) is 41.1. The number of esters is 2. The van der Waals surface area contributed by atoms with E-state index in [9.17, 15) is 9.59 Å². The van der Waals surface area contributed by atoms with Gasteiger partial charge in [0.05, 0.1) is 13.2 Å². The average molecular weight is 865 g/mol. The Balaban J connectivity index is 4.38. The highest BCUT2D eigenvalue weighted by molar-refractivity contribution is 5.70. The second-order valence-electron chi connectivity index (χ2n) is 17.4. The molecule has 0 saturated heterocycles. The molecule has 0 fully saturated rings. The Hall–Kier alpha value is -2.66. The minimum absolute atomic E-state index is 0.0518. The normalized spacial score (nSPS) is 12.8. The van der Waals surface area contributed by atoms with Crippen molar-refractivity contribution in [2.24, 2.45) is 0 Å². The van der Waals surface area contributed by atoms with Crippen LogP contribution < -0.4 is 0 Å². The van der Waals surface area contributed by atoms with E-state index in [-0.39, 0.29) is 25.2 Å². The van der Waals surface area contributed by atoms with Crippen LogP contribution in [0.2, 0.25) is 0 Å². The number of hydrogen-bond donors (Lipinski definition) is 0. The van der Waals surface area contributed by atoms with Gasteiger partial charge in [0.15, 0.2) is 6.10 Å². The van der Waals surface area contributed by atoms with Gasteiger partial charge in [0.25, 0.3) is 0 Å². The minimum atomic E-state index is -0.578. The predicted molar refractivity (Wildman–Crippen MR) is 270 cm³/mol. The van der Waals surface area contributed by atoms with Gasteiger partial charge in [-0.25, -0.2) is 0 Å². The van der Waals surface area contributed by atoms with Gasteiger partial charge in [-0.15, -0.1) is 0 Å². The van der Waals surface area contributed by atoms with Crippen molar-refractivity contribution in [3.8, 4) is 0 Å². The third-order valence-corrected chi connectivity index (χ3v) is 11.2. The van der Waals surface area contributed by atoms with Gasteiger partial charge >= 0.3 is 11.9 Å². The summed E-state index contributed by atoms with van der Waals surface area (Å²) in [5, 5.41) is 0. The van der Waals surface area contributed by atoms with Gasteiger partial charge in [0.1, 0.15) is 6.61 Å². The third kappa shape index (κ3) is 50.0. The smallest absolute Gasteiger partial charge is 0.306 e. The molecule has 0 N–H and O–H groups in total. The molecule has 5 heteroatoms. The molecule has 0 aromatic carbocycles. The lowest BCUT2D eigenvalue weighted by Crippen LogP contribution is -2.30. The van der Waals surface area contributed by atoms with Crippen LogP contribution in [-0.4, -0.2) is 37.9 Å². The van der Waals surface area contributed by atoms with Gasteiger partial charge in [-0.1, -0.05) is 235 Å². The summed E-state index contributed by atoms with van der Waals surface area (Å²) in [6.45, 7) is 7.52. The van der Waals surface area contributed by atoms with Crippen LogP contribution in [0.15, 0.2) is 72.9 Å². The average Bonchev–Trinajstić information content (AvgIpc) is 3.27. The summed E-state index contributed by atoms with van der Waals surface area (Å²) in [6.07, 6.45) is 67.9. The van der Waals surface area contributed by atoms with Crippen molar-refractivity contribution in [1.29, 1.82) is 0 Å². The molecule has 0 aliphatic rings. The monoisotopic (exact) mass is 865 g/mol. The molecular formula is C57H100O5. The van der Waals surface area contributed by atoms with Crippen molar-refractivity contribution in [2.75, 3.05) is 19.8 Å². The molecule has 1 unspecified atom stereocenters. The van der Waals surface area contributed by atoms with Crippen LogP contribution >= 0.6 is 0 Å². The fourth-order valence-corrected chi connectivity index (χ4v) is 7.33. The fraction of sp³-hybridized carbons (Fsp3) is 0.754. The topological polar surface area (TPSA) is 61.8 Å². The number of rotatable bonds is 48. The molecule has 5 nitrogen and oxygen atoms in total. The maximum Gasteiger partial charge on any atom is 0.306 e. The van der Waals surface area contributed by atoms with E-state index in [1.165, 1.54) is 141 Å². The molecule has 0 aromatic heterocycles. The zero-order valence-electron chi connectivity index (χ0n) is 41.1. The van der Waals surface area contributed by atoms with E-state index in [4.69, 9.17) is 14.2 Å². The summed E-state index contributed by atoms with van der Waals surface area (Å²) >= 11 is 0. The summed E-state index contributed by atoms with van der Waals surface area (Å²) < 4.78 is 17.3. The van der Waals surface area contributed by atoms with Crippen LogP contribution in [0.4, 0.5) is 0 Å². The lowest BCUT2D eigenvalue weighted by Gasteiger charge is -2.18. The molecule has 0 heterocycles. The Kier molecular flexibility index (Phi) is 50.4. The standard InChI is InChI=1S/C57H100O5/c1-4-7-10-13-16-19-22-25-28-31-34-37-40-43-46-49-52-60-53-55(62-57(59)51-48-45-42-39-36-33-30-27-24-21-18-15-12-9-6-3)54-61-56(58)50-47-44-41-38-35-32-29-26-23-20-17-14-11-8-5-2/h7,10,16,19,25-26,28-29,34,37,43,46,55H,4-6,8-9,11-15,17-18,20-24,27,30-33,35-36,38-42,44-45,47-54H2,1-3H3/b10-7-,19-16-,28-25-,29-26-,37-34-,46-43-. The first-order valence-electron chi connectivity index (χ1n) is 26.5. The number of ether oxygens (including phenoxy) is 3. The lowest BCUT2D eigenvalue weighted by molar-refractivity contribution is -0.162. The summed E-state index contributed by atoms with van der Waals surface area (Å²) in [5.41, 5.74) is 0. The molecule has 1 atom stereocenters. The van der Waals surface area contributed by atoms with Gasteiger partial charge in [-0.05, 0) is 77.0 Å². The minimum Gasteiger partial charge on any atom is -0.462 e. The highest BCUT2D eigenvalue weighted by atomic mass is 16.6. The highest BCUT2D eigenvalue weighted by Gasteiger charge is 2.17. The summed E-state index contributed by atoms with van der Waals surface area (Å²) in [5.74, 6) is -0.440. The van der Waals surface area contributed by atoms with Crippen LogP contribution in [0.5, 0.6) is 0 Å². The molecule has 62 heavy (non-hydrogen) atoms. The molecule has 358 valence electrons. The van der Waals surface area contributed by atoms with E-state index in [0.717, 1.165) is 77.0 Å². The third-order valence-electron chi connectivity index (χ3n) is 11.2. The Labute approximate surface area is 385 Å². The molecule has 0 rings (SSSR count). The van der Waals surface area contributed by atoms with E-state index >= 15 is 0 Å². The lowest BCUT2D eigenvalue weighted by atomic mass is 10.0. The molecule has 0 radical (unpaired) electrons. The molecule has 0 amide bonds. The first-order chi connectivity index (χ1) is 30.6. The molecular weight excluding hydrogens is 765 g/mol. The number of hydrogen-bond acceptors (Lipinski definition) is 5.